The number of hydrogen-bond acceptors (Lipinski definition) is 3. The van der Waals surface area contributed by atoms with Gasteiger partial charge in [-0.3, -0.25) is 0 Å². The van der Waals surface area contributed by atoms with Crippen LogP contribution in [0.5, 0.6) is 0 Å². The normalized spacial score (nSPS) is 10.8. The van der Waals surface area contributed by atoms with Crippen molar-refractivity contribution in [1.29, 1.82) is 0 Å². The van der Waals surface area contributed by atoms with Crippen LogP contribution in [-0.2, 0) is 11.2 Å². The van der Waals surface area contributed by atoms with Crippen LogP contribution in [-0.4, -0.2) is 5.78 Å². The molecule has 0 unspecified atom stereocenters. The molecule has 3 heteroatoms. The number of hydrogen-bond donors (Lipinski definition) is 0. The number of ketones is 1. The second-order valence-electron chi connectivity index (χ2n) is 5.31. The van der Waals surface area contributed by atoms with Crippen molar-refractivity contribution in [1.82, 2.24) is 0 Å². The number of Topliss-reactive ketones (excluding diaryl/α,β-unsaturated/α-hetero) is 1. The Hall–Kier alpha value is -2.68. The van der Waals surface area contributed by atoms with Crippen LogP contribution in [0.25, 0.3) is 22.1 Å². The molecule has 0 saturated carbocycles. The molecule has 0 aliphatic carbocycles. The van der Waals surface area contributed by atoms with E-state index in [9.17, 15) is 9.59 Å². The highest BCUT2D eigenvalue weighted by Gasteiger charge is 2.15. The quantitative estimate of drug-likeness (QED) is 0.730. The first-order valence-electron chi connectivity index (χ1n) is 7.26. The average molecular weight is 292 g/mol. The molecule has 2 aromatic carbocycles. The summed E-state index contributed by atoms with van der Waals surface area (Å²) < 4.78 is 5.57. The van der Waals surface area contributed by atoms with Crippen LogP contribution >= 0.6 is 0 Å². The van der Waals surface area contributed by atoms with Gasteiger partial charge in [0.25, 0.3) is 0 Å². The second kappa shape index (κ2) is 5.98. The monoisotopic (exact) mass is 292 g/mol. The van der Waals surface area contributed by atoms with Gasteiger partial charge in [-0.15, -0.1) is 0 Å². The minimum atomic E-state index is -0.346. The molecule has 110 valence electrons. The van der Waals surface area contributed by atoms with Crippen LogP contribution in [0.15, 0.2) is 63.8 Å². The first-order chi connectivity index (χ1) is 10.7. The molecule has 0 bridgehead atoms. The molecule has 0 fully saturated rings. The van der Waals surface area contributed by atoms with Crippen LogP contribution in [0.2, 0.25) is 0 Å². The lowest BCUT2D eigenvalue weighted by Crippen LogP contribution is -2.06. The number of carbonyl (C=O) groups excluding carboxylic acids is 1. The Labute approximate surface area is 128 Å². The first kappa shape index (κ1) is 14.3. The van der Waals surface area contributed by atoms with Gasteiger partial charge in [0.05, 0.1) is 5.39 Å². The summed E-state index contributed by atoms with van der Waals surface area (Å²) in [6.45, 7) is 1.57. The van der Waals surface area contributed by atoms with Gasteiger partial charge in [-0.05, 0) is 24.8 Å². The molecular weight excluding hydrogens is 276 g/mol. The van der Waals surface area contributed by atoms with E-state index in [0.717, 1.165) is 16.5 Å². The van der Waals surface area contributed by atoms with Gasteiger partial charge < -0.3 is 9.21 Å². The van der Waals surface area contributed by atoms with Crippen LogP contribution < -0.4 is 5.63 Å². The van der Waals surface area contributed by atoms with Crippen molar-refractivity contribution in [3.8, 4) is 11.3 Å². The van der Waals surface area contributed by atoms with Crippen molar-refractivity contribution in [2.45, 2.75) is 19.8 Å². The minimum absolute atomic E-state index is 0.120. The molecule has 1 heterocycles. The average Bonchev–Trinajstić information content (AvgIpc) is 2.54. The molecule has 0 atom stereocenters. The Bertz CT molecular complexity index is 876. The van der Waals surface area contributed by atoms with E-state index in [4.69, 9.17) is 4.42 Å². The van der Waals surface area contributed by atoms with Gasteiger partial charge in [-0.25, -0.2) is 4.79 Å². The van der Waals surface area contributed by atoms with Crippen molar-refractivity contribution in [2.24, 2.45) is 0 Å². The Kier molecular flexibility index (Phi) is 3.88. The molecule has 3 nitrogen and oxygen atoms in total. The summed E-state index contributed by atoms with van der Waals surface area (Å²) >= 11 is 0. The fourth-order valence-corrected chi connectivity index (χ4v) is 2.63. The van der Waals surface area contributed by atoms with E-state index in [0.29, 0.717) is 24.0 Å². The molecule has 22 heavy (non-hydrogen) atoms. The van der Waals surface area contributed by atoms with Gasteiger partial charge in [0.2, 0.25) is 0 Å². The number of benzene rings is 2. The molecule has 3 aromatic rings. The molecule has 0 amide bonds. The zero-order chi connectivity index (χ0) is 15.5. The molecule has 0 aliphatic rings. The van der Waals surface area contributed by atoms with Gasteiger partial charge in [0, 0.05) is 17.5 Å². The molecular formula is C19H16O3. The smallest absolute Gasteiger partial charge is 0.344 e. The van der Waals surface area contributed by atoms with Gasteiger partial charge in [-0.1, -0.05) is 48.5 Å². The van der Waals surface area contributed by atoms with Crippen LogP contribution in [0.3, 0.4) is 0 Å². The zero-order valence-electron chi connectivity index (χ0n) is 12.3. The largest absolute Gasteiger partial charge is 0.422 e. The molecule has 0 aliphatic heterocycles. The van der Waals surface area contributed by atoms with E-state index < -0.39 is 0 Å². The van der Waals surface area contributed by atoms with E-state index in [2.05, 4.69) is 0 Å². The summed E-state index contributed by atoms with van der Waals surface area (Å²) in [4.78, 5) is 23.6. The number of rotatable bonds is 4. The third-order valence-corrected chi connectivity index (χ3v) is 3.70. The predicted molar refractivity (Wildman–Crippen MR) is 86.9 cm³/mol. The standard InChI is InChI=1S/C19H16O3/c1-13(20)11-12-16-15-9-5-6-10-17(15)19(21)22-18(16)14-7-3-2-4-8-14/h2-10H,11-12H2,1H3. The lowest BCUT2D eigenvalue weighted by atomic mass is 9.97. The predicted octanol–water partition coefficient (Wildman–Crippen LogP) is 3.98. The van der Waals surface area contributed by atoms with E-state index in [1.807, 2.05) is 48.5 Å². The first-order valence-corrected chi connectivity index (χ1v) is 7.26. The number of aryl methyl sites for hydroxylation is 1. The van der Waals surface area contributed by atoms with E-state index in [-0.39, 0.29) is 11.4 Å². The summed E-state index contributed by atoms with van der Waals surface area (Å²) in [5.41, 5.74) is 1.42. The maximum atomic E-state index is 12.2. The van der Waals surface area contributed by atoms with Gasteiger partial charge in [0.1, 0.15) is 11.5 Å². The van der Waals surface area contributed by atoms with Gasteiger partial charge in [-0.2, -0.15) is 0 Å². The molecule has 0 spiro atoms. The number of fused-ring (bicyclic) bond motifs is 1. The van der Waals surface area contributed by atoms with E-state index in [1.165, 1.54) is 0 Å². The highest BCUT2D eigenvalue weighted by molar-refractivity contribution is 5.89. The Morgan fingerprint density at radius 1 is 0.955 bits per heavy atom. The fraction of sp³-hybridized carbons (Fsp3) is 0.158. The topological polar surface area (TPSA) is 47.3 Å². The van der Waals surface area contributed by atoms with E-state index >= 15 is 0 Å². The highest BCUT2D eigenvalue weighted by atomic mass is 16.4. The lowest BCUT2D eigenvalue weighted by molar-refractivity contribution is -0.116. The van der Waals surface area contributed by atoms with Crippen molar-refractivity contribution < 1.29 is 9.21 Å². The molecule has 0 N–H and O–H groups in total. The highest BCUT2D eigenvalue weighted by Crippen LogP contribution is 2.29. The second-order valence-corrected chi connectivity index (χ2v) is 5.31. The lowest BCUT2D eigenvalue weighted by Gasteiger charge is -2.11. The Morgan fingerprint density at radius 3 is 2.27 bits per heavy atom. The molecule has 0 saturated heterocycles. The van der Waals surface area contributed by atoms with Crippen LogP contribution in [0, 0.1) is 0 Å². The van der Waals surface area contributed by atoms with Crippen molar-refractivity contribution >= 4 is 16.6 Å². The van der Waals surface area contributed by atoms with Crippen molar-refractivity contribution in [2.75, 3.05) is 0 Å². The fourth-order valence-electron chi connectivity index (χ4n) is 2.63. The van der Waals surface area contributed by atoms with E-state index in [1.54, 1.807) is 13.0 Å². The summed E-state index contributed by atoms with van der Waals surface area (Å²) in [6.07, 6.45) is 0.988. The van der Waals surface area contributed by atoms with Crippen molar-refractivity contribution in [3.63, 3.8) is 0 Å². The molecule has 1 aromatic heterocycles. The van der Waals surface area contributed by atoms with Gasteiger partial charge >= 0.3 is 5.63 Å². The third kappa shape index (κ3) is 2.70. The van der Waals surface area contributed by atoms with Crippen molar-refractivity contribution in [3.05, 3.63) is 70.6 Å². The third-order valence-electron chi connectivity index (χ3n) is 3.70. The maximum Gasteiger partial charge on any atom is 0.344 e. The number of carbonyl (C=O) groups is 1. The Balaban J connectivity index is 2.28. The summed E-state index contributed by atoms with van der Waals surface area (Å²) in [7, 11) is 0. The zero-order valence-corrected chi connectivity index (χ0v) is 12.3. The van der Waals surface area contributed by atoms with Gasteiger partial charge in [0.15, 0.2) is 0 Å². The van der Waals surface area contributed by atoms with Crippen LogP contribution in [0.1, 0.15) is 18.9 Å². The maximum absolute atomic E-state index is 12.2. The molecule has 3 rings (SSSR count). The summed E-state index contributed by atoms with van der Waals surface area (Å²) in [6, 6.07) is 16.9. The molecule has 0 radical (unpaired) electrons. The van der Waals surface area contributed by atoms with Crippen LogP contribution in [0.4, 0.5) is 0 Å². The summed E-state index contributed by atoms with van der Waals surface area (Å²) in [5, 5.41) is 1.42. The summed E-state index contributed by atoms with van der Waals surface area (Å²) in [5.74, 6) is 0.680. The minimum Gasteiger partial charge on any atom is -0.422 e. The Morgan fingerprint density at radius 2 is 1.59 bits per heavy atom. The SMILES string of the molecule is CC(=O)CCc1c(-c2ccccc2)oc(=O)c2ccccc12.